The van der Waals surface area contributed by atoms with Crippen LogP contribution in [0.1, 0.15) is 12.8 Å². The number of benzene rings is 1. The van der Waals surface area contributed by atoms with Gasteiger partial charge in [-0.25, -0.2) is 16.8 Å². The van der Waals surface area contributed by atoms with E-state index in [-0.39, 0.29) is 9.79 Å². The molecule has 0 spiro atoms. The second-order valence-corrected chi connectivity index (χ2v) is 8.87. The predicted molar refractivity (Wildman–Crippen MR) is 74.1 cm³/mol. The Kier molecular flexibility index (Phi) is 3.61. The summed E-state index contributed by atoms with van der Waals surface area (Å²) in [7, 11) is -6.87. The monoisotopic (exact) mass is 303 g/mol. The van der Waals surface area contributed by atoms with Crippen molar-refractivity contribution < 1.29 is 16.8 Å². The van der Waals surface area contributed by atoms with E-state index in [4.69, 9.17) is 0 Å². The summed E-state index contributed by atoms with van der Waals surface area (Å²) in [4.78, 5) is 2.12. The van der Waals surface area contributed by atoms with E-state index in [2.05, 4.69) is 0 Å². The number of rotatable bonds is 3. The Morgan fingerprint density at radius 3 is 2.00 bits per heavy atom. The van der Waals surface area contributed by atoms with Crippen LogP contribution >= 0.6 is 0 Å². The average molecular weight is 303 g/mol. The SMILES string of the molecule is CS(=O)(=O)c1ccc(N2CCCC2)c(S(C)(=O)=O)c1. The van der Waals surface area contributed by atoms with Gasteiger partial charge in [-0.1, -0.05) is 0 Å². The smallest absolute Gasteiger partial charge is 0.177 e. The van der Waals surface area contributed by atoms with Gasteiger partial charge in [-0.15, -0.1) is 0 Å². The van der Waals surface area contributed by atoms with Crippen molar-refractivity contribution in [2.45, 2.75) is 22.6 Å². The molecule has 1 saturated heterocycles. The highest BCUT2D eigenvalue weighted by Crippen LogP contribution is 2.30. The molecular weight excluding hydrogens is 286 g/mol. The molecule has 1 aromatic carbocycles. The van der Waals surface area contributed by atoms with Gasteiger partial charge in [0.25, 0.3) is 0 Å². The maximum Gasteiger partial charge on any atom is 0.177 e. The maximum atomic E-state index is 11.9. The molecule has 1 aliphatic rings. The molecule has 0 radical (unpaired) electrons. The fourth-order valence-electron chi connectivity index (χ4n) is 2.24. The van der Waals surface area contributed by atoms with Crippen LogP contribution in [0.2, 0.25) is 0 Å². The van der Waals surface area contributed by atoms with Gasteiger partial charge in [-0.2, -0.15) is 0 Å². The molecule has 0 unspecified atom stereocenters. The van der Waals surface area contributed by atoms with Crippen molar-refractivity contribution in [2.24, 2.45) is 0 Å². The van der Waals surface area contributed by atoms with Gasteiger partial charge in [0.1, 0.15) is 0 Å². The molecular formula is C12H17NO4S2. The van der Waals surface area contributed by atoms with Crippen molar-refractivity contribution in [2.75, 3.05) is 30.5 Å². The van der Waals surface area contributed by atoms with Crippen LogP contribution in [0, 0.1) is 0 Å². The molecule has 19 heavy (non-hydrogen) atoms. The van der Waals surface area contributed by atoms with Crippen molar-refractivity contribution in [3.05, 3.63) is 18.2 Å². The first-order chi connectivity index (χ1) is 8.69. The molecule has 0 bridgehead atoms. The number of hydrogen-bond acceptors (Lipinski definition) is 5. The molecule has 0 N–H and O–H groups in total. The summed E-state index contributed by atoms with van der Waals surface area (Å²) in [6.07, 6.45) is 4.23. The fraction of sp³-hybridized carbons (Fsp3) is 0.500. The van der Waals surface area contributed by atoms with Crippen LogP contribution < -0.4 is 4.90 Å². The zero-order valence-electron chi connectivity index (χ0n) is 11.0. The summed E-state index contributed by atoms with van der Waals surface area (Å²) < 4.78 is 46.8. The molecule has 0 aromatic heterocycles. The van der Waals surface area contributed by atoms with Gasteiger partial charge in [-0.05, 0) is 31.0 Å². The number of nitrogens with zero attached hydrogens (tertiary/aromatic N) is 1. The highest BCUT2D eigenvalue weighted by molar-refractivity contribution is 7.91. The fourth-order valence-corrected chi connectivity index (χ4v) is 3.88. The first-order valence-corrected chi connectivity index (χ1v) is 9.77. The second kappa shape index (κ2) is 4.79. The van der Waals surface area contributed by atoms with Crippen LogP contribution in [0.25, 0.3) is 0 Å². The number of hydrogen-bond donors (Lipinski definition) is 0. The normalized spacial score (nSPS) is 16.8. The molecule has 7 heteroatoms. The predicted octanol–water partition coefficient (Wildman–Crippen LogP) is 1.09. The van der Waals surface area contributed by atoms with Crippen molar-refractivity contribution >= 4 is 25.4 Å². The summed E-state index contributed by atoms with van der Waals surface area (Å²) in [5.41, 5.74) is 0.604. The van der Waals surface area contributed by atoms with Gasteiger partial charge in [-0.3, -0.25) is 0 Å². The van der Waals surface area contributed by atoms with Crippen molar-refractivity contribution in [1.82, 2.24) is 0 Å². The summed E-state index contributed by atoms with van der Waals surface area (Å²) in [6.45, 7) is 1.61. The molecule has 1 aliphatic heterocycles. The second-order valence-electron chi connectivity index (χ2n) is 4.87. The van der Waals surface area contributed by atoms with E-state index in [0.717, 1.165) is 38.4 Å². The molecule has 1 heterocycles. The molecule has 0 aliphatic carbocycles. The molecule has 5 nitrogen and oxygen atoms in total. The van der Waals surface area contributed by atoms with Crippen molar-refractivity contribution in [1.29, 1.82) is 0 Å². The molecule has 2 rings (SSSR count). The topological polar surface area (TPSA) is 71.5 Å². The minimum Gasteiger partial charge on any atom is -0.370 e. The summed E-state index contributed by atoms with van der Waals surface area (Å²) in [5.74, 6) is 0. The largest absolute Gasteiger partial charge is 0.370 e. The Balaban J connectivity index is 2.62. The summed E-state index contributed by atoms with van der Waals surface area (Å²) in [5, 5.41) is 0. The highest BCUT2D eigenvalue weighted by atomic mass is 32.2. The Bertz CT molecular complexity index is 686. The van der Waals surface area contributed by atoms with E-state index < -0.39 is 19.7 Å². The Hall–Kier alpha value is -1.08. The first-order valence-electron chi connectivity index (χ1n) is 5.99. The van der Waals surface area contributed by atoms with E-state index in [9.17, 15) is 16.8 Å². The Labute approximate surface area is 114 Å². The molecule has 106 valence electrons. The third kappa shape index (κ3) is 3.09. The minimum absolute atomic E-state index is 0.0378. The van der Waals surface area contributed by atoms with Gasteiger partial charge >= 0.3 is 0 Å². The lowest BCUT2D eigenvalue weighted by Gasteiger charge is -2.21. The van der Waals surface area contributed by atoms with Crippen LogP contribution in [-0.4, -0.2) is 42.4 Å². The third-order valence-corrected chi connectivity index (χ3v) is 5.44. The van der Waals surface area contributed by atoms with Gasteiger partial charge in [0.05, 0.1) is 15.5 Å². The van der Waals surface area contributed by atoms with Crippen LogP contribution in [0.15, 0.2) is 28.0 Å². The lowest BCUT2D eigenvalue weighted by atomic mass is 10.3. The number of sulfone groups is 2. The Morgan fingerprint density at radius 2 is 1.53 bits per heavy atom. The van der Waals surface area contributed by atoms with Gasteiger partial charge in [0.15, 0.2) is 19.7 Å². The number of anilines is 1. The average Bonchev–Trinajstić information content (AvgIpc) is 2.79. The van der Waals surface area contributed by atoms with Crippen LogP contribution in [0.5, 0.6) is 0 Å². The minimum atomic E-state index is -3.46. The lowest BCUT2D eigenvalue weighted by Crippen LogP contribution is -2.20. The van der Waals surface area contributed by atoms with E-state index >= 15 is 0 Å². The molecule has 0 saturated carbocycles. The third-order valence-electron chi connectivity index (χ3n) is 3.21. The van der Waals surface area contributed by atoms with E-state index in [1.807, 2.05) is 4.90 Å². The maximum absolute atomic E-state index is 11.9. The quantitative estimate of drug-likeness (QED) is 0.836. The molecule has 0 amide bonds. The van der Waals surface area contributed by atoms with Crippen LogP contribution in [-0.2, 0) is 19.7 Å². The first kappa shape index (κ1) is 14.3. The standard InChI is InChI=1S/C12H17NO4S2/c1-18(14,15)10-5-6-11(13-7-3-4-8-13)12(9-10)19(2,16)17/h5-6,9H,3-4,7-8H2,1-2H3. The summed E-state index contributed by atoms with van der Waals surface area (Å²) >= 11 is 0. The summed E-state index contributed by atoms with van der Waals surface area (Å²) in [6, 6.07) is 4.33. The van der Waals surface area contributed by atoms with Crippen molar-refractivity contribution in [3.8, 4) is 0 Å². The zero-order valence-corrected chi connectivity index (χ0v) is 12.6. The van der Waals surface area contributed by atoms with Gasteiger partial charge in [0, 0.05) is 25.6 Å². The van der Waals surface area contributed by atoms with Crippen molar-refractivity contribution in [3.63, 3.8) is 0 Å². The van der Waals surface area contributed by atoms with Crippen LogP contribution in [0.4, 0.5) is 5.69 Å². The van der Waals surface area contributed by atoms with E-state index in [1.165, 1.54) is 12.1 Å². The van der Waals surface area contributed by atoms with E-state index in [0.29, 0.717) is 5.69 Å². The lowest BCUT2D eigenvalue weighted by molar-refractivity contribution is 0.600. The van der Waals surface area contributed by atoms with E-state index in [1.54, 1.807) is 6.07 Å². The van der Waals surface area contributed by atoms with Gasteiger partial charge < -0.3 is 4.90 Å². The molecule has 1 fully saturated rings. The van der Waals surface area contributed by atoms with Crippen LogP contribution in [0.3, 0.4) is 0 Å². The Morgan fingerprint density at radius 1 is 0.947 bits per heavy atom. The molecule has 1 aromatic rings. The molecule has 0 atom stereocenters. The highest BCUT2D eigenvalue weighted by Gasteiger charge is 2.23. The van der Waals surface area contributed by atoms with Gasteiger partial charge in [0.2, 0.25) is 0 Å². The zero-order chi connectivity index (χ0) is 14.3.